The molecule has 1 saturated heterocycles. The van der Waals surface area contributed by atoms with Crippen LogP contribution in [-0.2, 0) is 4.74 Å². The molecule has 19 heavy (non-hydrogen) atoms. The van der Waals surface area contributed by atoms with Crippen LogP contribution in [0.25, 0.3) is 0 Å². The van der Waals surface area contributed by atoms with Gasteiger partial charge in [0.2, 0.25) is 0 Å². The standard InChI is InChI=1S/C16H32N2O/c1-4-16(2)11-14(9-10-19-16)18(3)15-8-6-5-7-13(15)12-17/h13-15H,4-12,17H2,1-3H3. The number of rotatable bonds is 4. The van der Waals surface area contributed by atoms with Gasteiger partial charge in [-0.05, 0) is 58.5 Å². The van der Waals surface area contributed by atoms with Crippen LogP contribution in [-0.4, -0.2) is 42.8 Å². The first-order valence-electron chi connectivity index (χ1n) is 8.15. The summed E-state index contributed by atoms with van der Waals surface area (Å²) in [4.78, 5) is 2.65. The average molecular weight is 268 g/mol. The number of nitrogens with zero attached hydrogens (tertiary/aromatic N) is 1. The highest BCUT2D eigenvalue weighted by atomic mass is 16.5. The van der Waals surface area contributed by atoms with Crippen molar-refractivity contribution in [2.75, 3.05) is 20.2 Å². The SMILES string of the molecule is CCC1(C)CC(N(C)C2CCCCC2CN)CCO1. The smallest absolute Gasteiger partial charge is 0.0666 e. The fourth-order valence-corrected chi connectivity index (χ4v) is 3.96. The quantitative estimate of drug-likeness (QED) is 0.852. The van der Waals surface area contributed by atoms with E-state index in [2.05, 4.69) is 25.8 Å². The molecule has 0 aromatic rings. The Balaban J connectivity index is 1.99. The van der Waals surface area contributed by atoms with E-state index < -0.39 is 0 Å². The minimum atomic E-state index is 0.0874. The molecule has 4 unspecified atom stereocenters. The number of hydrogen-bond acceptors (Lipinski definition) is 3. The molecule has 1 aliphatic heterocycles. The number of ether oxygens (including phenoxy) is 1. The van der Waals surface area contributed by atoms with E-state index >= 15 is 0 Å². The third-order valence-corrected chi connectivity index (χ3v) is 5.59. The summed E-state index contributed by atoms with van der Waals surface area (Å²) in [7, 11) is 2.32. The van der Waals surface area contributed by atoms with Crippen molar-refractivity contribution in [2.24, 2.45) is 11.7 Å². The third-order valence-electron chi connectivity index (χ3n) is 5.59. The van der Waals surface area contributed by atoms with Crippen molar-refractivity contribution in [3.63, 3.8) is 0 Å². The molecule has 0 radical (unpaired) electrons. The highest BCUT2D eigenvalue weighted by Crippen LogP contribution is 2.34. The Labute approximate surface area is 118 Å². The summed E-state index contributed by atoms with van der Waals surface area (Å²) < 4.78 is 5.98. The summed E-state index contributed by atoms with van der Waals surface area (Å²) in [5.41, 5.74) is 6.08. The van der Waals surface area contributed by atoms with Crippen LogP contribution in [0, 0.1) is 5.92 Å². The molecule has 4 atom stereocenters. The maximum Gasteiger partial charge on any atom is 0.0666 e. The molecule has 2 aliphatic rings. The van der Waals surface area contributed by atoms with Gasteiger partial charge in [-0.3, -0.25) is 4.90 Å². The second-order valence-corrected chi connectivity index (χ2v) is 6.81. The Bertz CT molecular complexity index is 284. The second kappa shape index (κ2) is 6.55. The summed E-state index contributed by atoms with van der Waals surface area (Å²) in [6.45, 7) is 6.28. The van der Waals surface area contributed by atoms with Crippen LogP contribution < -0.4 is 5.73 Å². The fraction of sp³-hybridized carbons (Fsp3) is 1.00. The first-order valence-corrected chi connectivity index (χ1v) is 8.15. The first-order chi connectivity index (χ1) is 9.09. The molecule has 2 N–H and O–H groups in total. The lowest BCUT2D eigenvalue weighted by molar-refractivity contribution is -0.102. The van der Waals surface area contributed by atoms with Gasteiger partial charge in [0.05, 0.1) is 5.60 Å². The summed E-state index contributed by atoms with van der Waals surface area (Å²) in [5, 5.41) is 0. The normalized spacial score (nSPS) is 40.6. The molecule has 0 bridgehead atoms. The molecule has 3 nitrogen and oxygen atoms in total. The lowest BCUT2D eigenvalue weighted by atomic mass is 9.81. The summed E-state index contributed by atoms with van der Waals surface area (Å²) >= 11 is 0. The molecule has 3 heteroatoms. The molecule has 1 saturated carbocycles. The van der Waals surface area contributed by atoms with Gasteiger partial charge in [0.1, 0.15) is 0 Å². The zero-order chi connectivity index (χ0) is 13.9. The van der Waals surface area contributed by atoms with E-state index in [0.717, 1.165) is 19.6 Å². The predicted octanol–water partition coefficient (Wildman–Crippen LogP) is 2.78. The Kier molecular flexibility index (Phi) is 5.27. The van der Waals surface area contributed by atoms with Crippen LogP contribution in [0.15, 0.2) is 0 Å². The molecular weight excluding hydrogens is 236 g/mol. The van der Waals surface area contributed by atoms with E-state index in [4.69, 9.17) is 10.5 Å². The molecule has 112 valence electrons. The van der Waals surface area contributed by atoms with Crippen LogP contribution in [0.2, 0.25) is 0 Å². The largest absolute Gasteiger partial charge is 0.375 e. The van der Waals surface area contributed by atoms with Crippen LogP contribution in [0.3, 0.4) is 0 Å². The van der Waals surface area contributed by atoms with Gasteiger partial charge in [-0.2, -0.15) is 0 Å². The summed E-state index contributed by atoms with van der Waals surface area (Å²) in [6.07, 6.45) is 8.86. The third kappa shape index (κ3) is 3.50. The summed E-state index contributed by atoms with van der Waals surface area (Å²) in [5.74, 6) is 0.703. The van der Waals surface area contributed by atoms with Crippen LogP contribution in [0.5, 0.6) is 0 Å². The van der Waals surface area contributed by atoms with Crippen molar-refractivity contribution in [1.29, 1.82) is 0 Å². The van der Waals surface area contributed by atoms with Gasteiger partial charge in [0.25, 0.3) is 0 Å². The fourth-order valence-electron chi connectivity index (χ4n) is 3.96. The molecule has 0 amide bonds. The van der Waals surface area contributed by atoms with Crippen molar-refractivity contribution in [2.45, 2.75) is 76.5 Å². The molecule has 0 aromatic carbocycles. The number of nitrogens with two attached hydrogens (primary N) is 1. The van der Waals surface area contributed by atoms with Crippen LogP contribution >= 0.6 is 0 Å². The number of hydrogen-bond donors (Lipinski definition) is 1. The van der Waals surface area contributed by atoms with Crippen molar-refractivity contribution in [1.82, 2.24) is 4.90 Å². The van der Waals surface area contributed by atoms with Crippen molar-refractivity contribution < 1.29 is 4.74 Å². The molecule has 1 aliphatic carbocycles. The average Bonchev–Trinajstić information content (AvgIpc) is 2.46. The monoisotopic (exact) mass is 268 g/mol. The zero-order valence-corrected chi connectivity index (χ0v) is 13.0. The van der Waals surface area contributed by atoms with E-state index in [9.17, 15) is 0 Å². The van der Waals surface area contributed by atoms with E-state index in [1.165, 1.54) is 38.5 Å². The van der Waals surface area contributed by atoms with Gasteiger partial charge in [-0.1, -0.05) is 19.8 Å². The maximum absolute atomic E-state index is 5.99. The Hall–Kier alpha value is -0.120. The predicted molar refractivity (Wildman–Crippen MR) is 80.2 cm³/mol. The lowest BCUT2D eigenvalue weighted by Crippen LogP contribution is -2.52. The Morgan fingerprint density at radius 1 is 1.26 bits per heavy atom. The lowest BCUT2D eigenvalue weighted by Gasteiger charge is -2.47. The minimum Gasteiger partial charge on any atom is -0.375 e. The Morgan fingerprint density at radius 3 is 2.68 bits per heavy atom. The van der Waals surface area contributed by atoms with Gasteiger partial charge >= 0.3 is 0 Å². The Morgan fingerprint density at radius 2 is 2.00 bits per heavy atom. The molecular formula is C16H32N2O. The van der Waals surface area contributed by atoms with E-state index in [1.807, 2.05) is 0 Å². The molecule has 0 aromatic heterocycles. The highest BCUT2D eigenvalue weighted by molar-refractivity contribution is 4.91. The van der Waals surface area contributed by atoms with Crippen molar-refractivity contribution in [3.05, 3.63) is 0 Å². The van der Waals surface area contributed by atoms with Gasteiger partial charge in [-0.25, -0.2) is 0 Å². The molecule has 2 fully saturated rings. The van der Waals surface area contributed by atoms with Crippen molar-refractivity contribution >= 4 is 0 Å². The van der Waals surface area contributed by atoms with Gasteiger partial charge in [0.15, 0.2) is 0 Å². The van der Waals surface area contributed by atoms with Crippen LogP contribution in [0.1, 0.15) is 58.8 Å². The molecule has 0 spiro atoms. The topological polar surface area (TPSA) is 38.5 Å². The van der Waals surface area contributed by atoms with Gasteiger partial charge in [0, 0.05) is 18.7 Å². The summed E-state index contributed by atoms with van der Waals surface area (Å²) in [6, 6.07) is 1.37. The first kappa shape index (κ1) is 15.3. The van der Waals surface area contributed by atoms with Gasteiger partial charge in [-0.15, -0.1) is 0 Å². The van der Waals surface area contributed by atoms with E-state index in [0.29, 0.717) is 18.0 Å². The van der Waals surface area contributed by atoms with Crippen LogP contribution in [0.4, 0.5) is 0 Å². The molecule has 1 heterocycles. The minimum absolute atomic E-state index is 0.0874. The van der Waals surface area contributed by atoms with Crippen molar-refractivity contribution in [3.8, 4) is 0 Å². The molecule has 2 rings (SSSR count). The van der Waals surface area contributed by atoms with E-state index in [-0.39, 0.29) is 5.60 Å². The second-order valence-electron chi connectivity index (χ2n) is 6.81. The van der Waals surface area contributed by atoms with Gasteiger partial charge < -0.3 is 10.5 Å². The highest BCUT2D eigenvalue weighted by Gasteiger charge is 2.37. The zero-order valence-electron chi connectivity index (χ0n) is 13.0. The van der Waals surface area contributed by atoms with E-state index in [1.54, 1.807) is 0 Å². The maximum atomic E-state index is 5.99.